The van der Waals surface area contributed by atoms with Crippen LogP contribution in [0, 0.1) is 0 Å². The molecular weight excluding hydrogens is 150 g/mol. The van der Waals surface area contributed by atoms with Crippen molar-refractivity contribution >= 4 is 12.4 Å². The van der Waals surface area contributed by atoms with Gasteiger partial charge in [0.05, 0.1) is 6.10 Å². The first kappa shape index (κ1) is 10.2. The predicted octanol–water partition coefficient (Wildman–Crippen LogP) is 1.20. The Hall–Kier alpha value is 0.210. The first-order valence-corrected chi connectivity index (χ1v) is 3.57. The van der Waals surface area contributed by atoms with Crippen molar-refractivity contribution in [3.8, 4) is 0 Å². The molecule has 1 saturated carbocycles. The van der Waals surface area contributed by atoms with E-state index in [4.69, 9.17) is 4.74 Å². The molecule has 2 nitrogen and oxygen atoms in total. The summed E-state index contributed by atoms with van der Waals surface area (Å²) in [6.45, 7) is 0. The molecule has 2 atom stereocenters. The summed E-state index contributed by atoms with van der Waals surface area (Å²) in [5.74, 6) is 0. The van der Waals surface area contributed by atoms with E-state index in [9.17, 15) is 0 Å². The maximum absolute atomic E-state index is 5.20. The average Bonchev–Trinajstić information content (AvgIpc) is 2.34. The van der Waals surface area contributed by atoms with Crippen molar-refractivity contribution in [3.05, 3.63) is 0 Å². The highest BCUT2D eigenvalue weighted by Crippen LogP contribution is 2.20. The van der Waals surface area contributed by atoms with Crippen LogP contribution in [-0.2, 0) is 4.74 Å². The number of hydrogen-bond donors (Lipinski definition) is 1. The van der Waals surface area contributed by atoms with Gasteiger partial charge in [0.2, 0.25) is 0 Å². The Kier molecular flexibility index (Phi) is 5.04. The lowest BCUT2D eigenvalue weighted by Crippen LogP contribution is -2.22. The van der Waals surface area contributed by atoms with E-state index < -0.39 is 0 Å². The average molecular weight is 166 g/mol. The predicted molar refractivity (Wildman–Crippen MR) is 44.7 cm³/mol. The maximum Gasteiger partial charge on any atom is 0.0586 e. The van der Waals surface area contributed by atoms with E-state index in [1.807, 2.05) is 7.05 Å². The van der Waals surface area contributed by atoms with Gasteiger partial charge < -0.3 is 10.1 Å². The number of ether oxygens (including phenoxy) is 1. The quantitative estimate of drug-likeness (QED) is 0.664. The van der Waals surface area contributed by atoms with Gasteiger partial charge in [-0.2, -0.15) is 0 Å². The molecule has 10 heavy (non-hydrogen) atoms. The Balaban J connectivity index is 0.000000810. The highest BCUT2D eigenvalue weighted by Gasteiger charge is 2.22. The zero-order valence-corrected chi connectivity index (χ0v) is 7.41. The van der Waals surface area contributed by atoms with Crippen molar-refractivity contribution in [2.75, 3.05) is 14.2 Å². The van der Waals surface area contributed by atoms with Crippen LogP contribution in [-0.4, -0.2) is 26.3 Å². The minimum atomic E-state index is 0. The number of halogens is 1. The van der Waals surface area contributed by atoms with Crippen molar-refractivity contribution in [2.45, 2.75) is 31.4 Å². The normalized spacial score (nSPS) is 31.8. The Morgan fingerprint density at radius 3 is 2.40 bits per heavy atom. The van der Waals surface area contributed by atoms with Gasteiger partial charge in [-0.05, 0) is 26.3 Å². The second-order valence-electron chi connectivity index (χ2n) is 2.66. The molecule has 0 aromatic rings. The minimum Gasteiger partial charge on any atom is -0.381 e. The van der Waals surface area contributed by atoms with Gasteiger partial charge in [-0.1, -0.05) is 0 Å². The molecule has 1 rings (SSSR count). The number of nitrogens with one attached hydrogen (secondary N) is 1. The van der Waals surface area contributed by atoms with Crippen LogP contribution < -0.4 is 5.32 Å². The molecule has 0 saturated heterocycles. The van der Waals surface area contributed by atoms with E-state index >= 15 is 0 Å². The fraction of sp³-hybridized carbons (Fsp3) is 1.00. The molecule has 62 valence electrons. The standard InChI is InChI=1S/C7H15NO.ClH/c1-8-6-3-4-7(5-6)9-2;/h6-8H,3-5H2,1-2H3;1H/t6-,7+;/m1./s1. The lowest BCUT2D eigenvalue weighted by molar-refractivity contribution is 0.107. The van der Waals surface area contributed by atoms with Crippen LogP contribution in [0.4, 0.5) is 0 Å². The molecular formula is C7H16ClNO. The molecule has 0 aliphatic heterocycles. The first-order valence-electron chi connectivity index (χ1n) is 3.57. The summed E-state index contributed by atoms with van der Waals surface area (Å²) in [5.41, 5.74) is 0. The van der Waals surface area contributed by atoms with E-state index in [2.05, 4.69) is 5.32 Å². The number of hydrogen-bond acceptors (Lipinski definition) is 2. The van der Waals surface area contributed by atoms with Crippen LogP contribution in [0.2, 0.25) is 0 Å². The van der Waals surface area contributed by atoms with E-state index in [0.29, 0.717) is 12.1 Å². The maximum atomic E-state index is 5.20. The van der Waals surface area contributed by atoms with Crippen LogP contribution in [0.5, 0.6) is 0 Å². The van der Waals surface area contributed by atoms with Gasteiger partial charge >= 0.3 is 0 Å². The van der Waals surface area contributed by atoms with Gasteiger partial charge in [-0.25, -0.2) is 0 Å². The van der Waals surface area contributed by atoms with Crippen LogP contribution >= 0.6 is 12.4 Å². The second kappa shape index (κ2) is 4.94. The third kappa shape index (κ3) is 2.45. The molecule has 0 unspecified atom stereocenters. The van der Waals surface area contributed by atoms with Gasteiger partial charge in [-0.3, -0.25) is 0 Å². The lowest BCUT2D eigenvalue weighted by Gasteiger charge is -2.07. The van der Waals surface area contributed by atoms with Crippen molar-refractivity contribution in [1.82, 2.24) is 5.32 Å². The molecule has 0 heterocycles. The van der Waals surface area contributed by atoms with Gasteiger partial charge in [0.1, 0.15) is 0 Å². The van der Waals surface area contributed by atoms with Gasteiger partial charge in [-0.15, -0.1) is 12.4 Å². The summed E-state index contributed by atoms with van der Waals surface area (Å²) in [6.07, 6.45) is 4.20. The van der Waals surface area contributed by atoms with Crippen molar-refractivity contribution < 1.29 is 4.74 Å². The molecule has 0 aromatic carbocycles. The minimum absolute atomic E-state index is 0. The summed E-state index contributed by atoms with van der Waals surface area (Å²) in [4.78, 5) is 0. The molecule has 1 aliphatic rings. The van der Waals surface area contributed by atoms with Crippen molar-refractivity contribution in [2.24, 2.45) is 0 Å². The topological polar surface area (TPSA) is 21.3 Å². The molecule has 0 spiro atoms. The molecule has 1 fully saturated rings. The van der Waals surface area contributed by atoms with E-state index in [-0.39, 0.29) is 12.4 Å². The Morgan fingerprint density at radius 2 is 2.10 bits per heavy atom. The van der Waals surface area contributed by atoms with Gasteiger partial charge in [0, 0.05) is 13.2 Å². The Morgan fingerprint density at radius 1 is 1.40 bits per heavy atom. The summed E-state index contributed by atoms with van der Waals surface area (Å²) >= 11 is 0. The first-order chi connectivity index (χ1) is 4.36. The smallest absolute Gasteiger partial charge is 0.0586 e. The fourth-order valence-corrected chi connectivity index (χ4v) is 1.42. The lowest BCUT2D eigenvalue weighted by atomic mass is 10.2. The summed E-state index contributed by atoms with van der Waals surface area (Å²) in [6, 6.07) is 0.704. The summed E-state index contributed by atoms with van der Waals surface area (Å²) in [7, 11) is 3.81. The highest BCUT2D eigenvalue weighted by atomic mass is 35.5. The Bertz CT molecular complexity index is 79.7. The SMILES string of the molecule is CN[C@@H]1CC[C@H](OC)C1.Cl. The van der Waals surface area contributed by atoms with Gasteiger partial charge in [0.25, 0.3) is 0 Å². The van der Waals surface area contributed by atoms with Crippen molar-refractivity contribution in [1.29, 1.82) is 0 Å². The largest absolute Gasteiger partial charge is 0.381 e. The number of rotatable bonds is 2. The van der Waals surface area contributed by atoms with Crippen molar-refractivity contribution in [3.63, 3.8) is 0 Å². The second-order valence-corrected chi connectivity index (χ2v) is 2.66. The third-order valence-electron chi connectivity index (χ3n) is 2.13. The molecule has 0 bridgehead atoms. The summed E-state index contributed by atoms with van der Waals surface area (Å²) in [5, 5.41) is 3.25. The van der Waals surface area contributed by atoms with Crippen LogP contribution in [0.1, 0.15) is 19.3 Å². The molecule has 3 heteroatoms. The summed E-state index contributed by atoms with van der Waals surface area (Å²) < 4.78 is 5.20. The zero-order valence-electron chi connectivity index (χ0n) is 6.59. The van der Waals surface area contributed by atoms with E-state index in [0.717, 1.165) is 0 Å². The molecule has 1 aliphatic carbocycles. The highest BCUT2D eigenvalue weighted by molar-refractivity contribution is 5.85. The monoisotopic (exact) mass is 165 g/mol. The van der Waals surface area contributed by atoms with Crippen LogP contribution in [0.25, 0.3) is 0 Å². The Labute approximate surface area is 68.7 Å². The molecule has 0 amide bonds. The van der Waals surface area contributed by atoms with Crippen LogP contribution in [0.3, 0.4) is 0 Å². The van der Waals surface area contributed by atoms with Gasteiger partial charge in [0.15, 0.2) is 0 Å². The third-order valence-corrected chi connectivity index (χ3v) is 2.13. The van der Waals surface area contributed by atoms with E-state index in [1.165, 1.54) is 19.3 Å². The molecule has 0 aromatic heterocycles. The fourth-order valence-electron chi connectivity index (χ4n) is 1.42. The van der Waals surface area contributed by atoms with E-state index in [1.54, 1.807) is 7.11 Å². The number of methoxy groups -OCH3 is 1. The molecule has 1 N–H and O–H groups in total. The molecule has 0 radical (unpaired) electrons. The zero-order chi connectivity index (χ0) is 6.69. The van der Waals surface area contributed by atoms with Crippen LogP contribution in [0.15, 0.2) is 0 Å².